The number of hydrogen-bond acceptors (Lipinski definition) is 4. The van der Waals surface area contributed by atoms with Gasteiger partial charge in [-0.2, -0.15) is 0 Å². The molecule has 10 heavy (non-hydrogen) atoms. The minimum atomic E-state index is -0.436. The summed E-state index contributed by atoms with van der Waals surface area (Å²) < 4.78 is 10.4. The van der Waals surface area contributed by atoms with Gasteiger partial charge in [0, 0.05) is 0 Å². The van der Waals surface area contributed by atoms with E-state index in [9.17, 15) is 5.11 Å². The van der Waals surface area contributed by atoms with Gasteiger partial charge in [0.05, 0.1) is 18.8 Å². The number of hydrogen-bond donors (Lipinski definition) is 2. The van der Waals surface area contributed by atoms with Crippen molar-refractivity contribution in [2.45, 2.75) is 31.0 Å². The molecule has 2 rings (SSSR count). The smallest absolute Gasteiger partial charge is 0.173 e. The van der Waals surface area contributed by atoms with Crippen molar-refractivity contribution in [1.29, 1.82) is 0 Å². The number of ether oxygens (including phenoxy) is 2. The van der Waals surface area contributed by atoms with E-state index in [4.69, 9.17) is 15.2 Å². The van der Waals surface area contributed by atoms with E-state index in [0.717, 1.165) is 0 Å². The maximum atomic E-state index is 9.28. The van der Waals surface area contributed by atoms with Crippen molar-refractivity contribution in [1.82, 2.24) is 0 Å². The van der Waals surface area contributed by atoms with Gasteiger partial charge in [-0.1, -0.05) is 0 Å². The van der Waals surface area contributed by atoms with Crippen LogP contribution in [0.25, 0.3) is 0 Å². The molecule has 0 aromatic carbocycles. The second-order valence-electron chi connectivity index (χ2n) is 2.84. The monoisotopic (exact) mass is 145 g/mol. The Morgan fingerprint density at radius 1 is 1.50 bits per heavy atom. The summed E-state index contributed by atoms with van der Waals surface area (Å²) in [4.78, 5) is 0. The third-order valence-corrected chi connectivity index (χ3v) is 2.03. The molecule has 0 aromatic rings. The highest BCUT2D eigenvalue weighted by atomic mass is 16.7. The quantitative estimate of drug-likeness (QED) is 0.450. The van der Waals surface area contributed by atoms with Crippen LogP contribution in [0.2, 0.25) is 0 Å². The molecule has 4 heteroatoms. The van der Waals surface area contributed by atoms with Crippen LogP contribution in [-0.2, 0) is 9.47 Å². The van der Waals surface area contributed by atoms with E-state index < -0.39 is 6.10 Å². The second kappa shape index (κ2) is 2.17. The molecule has 0 aliphatic carbocycles. The number of rotatable bonds is 0. The Labute approximate surface area is 58.9 Å². The number of aliphatic hydroxyl groups excluding tert-OH is 1. The summed E-state index contributed by atoms with van der Waals surface area (Å²) >= 11 is 0. The highest BCUT2D eigenvalue weighted by Gasteiger charge is 2.41. The summed E-state index contributed by atoms with van der Waals surface area (Å²) in [6.45, 7) is 0.486. The summed E-state index contributed by atoms with van der Waals surface area (Å²) in [5.74, 6) is 0. The van der Waals surface area contributed by atoms with Gasteiger partial charge < -0.3 is 20.3 Å². The molecule has 4 nitrogen and oxygen atoms in total. The lowest BCUT2D eigenvalue weighted by atomic mass is 10.0. The molecule has 2 saturated heterocycles. The Balaban J connectivity index is 2.09. The highest BCUT2D eigenvalue weighted by Crippen LogP contribution is 2.25. The second-order valence-corrected chi connectivity index (χ2v) is 2.84. The van der Waals surface area contributed by atoms with E-state index in [1.54, 1.807) is 0 Å². The van der Waals surface area contributed by atoms with Crippen molar-refractivity contribution in [2.75, 3.05) is 6.61 Å². The fraction of sp³-hybridized carbons (Fsp3) is 1.00. The molecule has 2 fully saturated rings. The Morgan fingerprint density at radius 2 is 2.30 bits per heavy atom. The van der Waals surface area contributed by atoms with Crippen LogP contribution in [0.15, 0.2) is 0 Å². The standard InChI is InChI=1S/C6H11NO3/c7-3-1-4(8)5-2-9-6(3)10-5/h3-6,8H,1-2,7H2/t3-,4-,5+,6+/m0/s1. The first-order chi connectivity index (χ1) is 4.77. The summed E-state index contributed by atoms with van der Waals surface area (Å²) in [7, 11) is 0. The third kappa shape index (κ3) is 0.845. The van der Waals surface area contributed by atoms with Gasteiger partial charge in [-0.25, -0.2) is 0 Å². The first-order valence-corrected chi connectivity index (χ1v) is 3.48. The topological polar surface area (TPSA) is 64.7 Å². The molecule has 0 spiro atoms. The molecular formula is C6H11NO3. The maximum Gasteiger partial charge on any atom is 0.173 e. The molecule has 0 radical (unpaired) electrons. The zero-order valence-corrected chi connectivity index (χ0v) is 5.56. The van der Waals surface area contributed by atoms with Crippen LogP contribution < -0.4 is 5.73 Å². The highest BCUT2D eigenvalue weighted by molar-refractivity contribution is 4.87. The van der Waals surface area contributed by atoms with E-state index in [1.165, 1.54) is 0 Å². The van der Waals surface area contributed by atoms with Crippen LogP contribution in [0.5, 0.6) is 0 Å². The van der Waals surface area contributed by atoms with Crippen LogP contribution in [-0.4, -0.2) is 36.3 Å². The fourth-order valence-corrected chi connectivity index (χ4v) is 1.41. The van der Waals surface area contributed by atoms with Gasteiger partial charge in [0.25, 0.3) is 0 Å². The van der Waals surface area contributed by atoms with Gasteiger partial charge >= 0.3 is 0 Å². The summed E-state index contributed by atoms with van der Waals surface area (Å²) in [5.41, 5.74) is 5.60. The van der Waals surface area contributed by atoms with Gasteiger partial charge in [0.1, 0.15) is 6.10 Å². The minimum absolute atomic E-state index is 0.134. The Kier molecular flexibility index (Phi) is 1.42. The summed E-state index contributed by atoms with van der Waals surface area (Å²) in [6, 6.07) is -0.159. The molecule has 0 saturated carbocycles. The number of aliphatic hydroxyl groups is 1. The average Bonchev–Trinajstić information content (AvgIpc) is 2.28. The van der Waals surface area contributed by atoms with Gasteiger partial charge in [-0.15, -0.1) is 0 Å². The van der Waals surface area contributed by atoms with Crippen LogP contribution >= 0.6 is 0 Å². The molecule has 2 aliphatic rings. The van der Waals surface area contributed by atoms with E-state index in [0.29, 0.717) is 13.0 Å². The van der Waals surface area contributed by atoms with E-state index in [2.05, 4.69) is 0 Å². The van der Waals surface area contributed by atoms with Crippen LogP contribution in [0.4, 0.5) is 0 Å². The fourth-order valence-electron chi connectivity index (χ4n) is 1.41. The molecule has 58 valence electrons. The lowest BCUT2D eigenvalue weighted by Gasteiger charge is -2.27. The lowest BCUT2D eigenvalue weighted by Crippen LogP contribution is -2.46. The van der Waals surface area contributed by atoms with Crippen molar-refractivity contribution in [3.8, 4) is 0 Å². The molecule has 2 aliphatic heterocycles. The van der Waals surface area contributed by atoms with Gasteiger partial charge in [-0.05, 0) is 6.42 Å². The SMILES string of the molecule is N[C@H]1C[C@H](O)[C@H]2CO[C@@H]1O2. The zero-order chi connectivity index (χ0) is 7.14. The molecule has 0 aromatic heterocycles. The van der Waals surface area contributed by atoms with Crippen LogP contribution in [0.3, 0.4) is 0 Å². The van der Waals surface area contributed by atoms with Crippen molar-refractivity contribution < 1.29 is 14.6 Å². The van der Waals surface area contributed by atoms with Crippen LogP contribution in [0.1, 0.15) is 6.42 Å². The molecule has 0 amide bonds. The molecule has 4 atom stereocenters. The maximum absolute atomic E-state index is 9.28. The zero-order valence-electron chi connectivity index (χ0n) is 5.56. The van der Waals surface area contributed by atoms with E-state index in [1.807, 2.05) is 0 Å². The lowest BCUT2D eigenvalue weighted by molar-refractivity contribution is -0.130. The van der Waals surface area contributed by atoms with Gasteiger partial charge in [-0.3, -0.25) is 0 Å². The predicted molar refractivity (Wildman–Crippen MR) is 33.2 cm³/mol. The normalized spacial score (nSPS) is 53.4. The molecule has 0 unspecified atom stereocenters. The molecule has 2 heterocycles. The van der Waals surface area contributed by atoms with Crippen molar-refractivity contribution in [2.24, 2.45) is 5.73 Å². The number of nitrogens with two attached hydrogens (primary N) is 1. The molecular weight excluding hydrogens is 134 g/mol. The Bertz CT molecular complexity index is 127. The van der Waals surface area contributed by atoms with Crippen molar-refractivity contribution >= 4 is 0 Å². The summed E-state index contributed by atoms with van der Waals surface area (Å²) in [6.07, 6.45) is -0.248. The van der Waals surface area contributed by atoms with Gasteiger partial charge in [0.2, 0.25) is 0 Å². The van der Waals surface area contributed by atoms with E-state index >= 15 is 0 Å². The Hall–Kier alpha value is -0.160. The van der Waals surface area contributed by atoms with Crippen molar-refractivity contribution in [3.63, 3.8) is 0 Å². The van der Waals surface area contributed by atoms with E-state index in [-0.39, 0.29) is 18.4 Å². The van der Waals surface area contributed by atoms with Crippen molar-refractivity contribution in [3.05, 3.63) is 0 Å². The van der Waals surface area contributed by atoms with Gasteiger partial charge in [0.15, 0.2) is 6.29 Å². The number of fused-ring (bicyclic) bond motifs is 2. The third-order valence-electron chi connectivity index (χ3n) is 2.03. The average molecular weight is 145 g/mol. The largest absolute Gasteiger partial charge is 0.390 e. The predicted octanol–water partition coefficient (Wildman–Crippen LogP) is -1.18. The first kappa shape index (κ1) is 6.54. The Morgan fingerprint density at radius 3 is 3.10 bits per heavy atom. The molecule has 3 N–H and O–H groups in total. The summed E-state index contributed by atoms with van der Waals surface area (Å²) in [5, 5.41) is 9.28. The van der Waals surface area contributed by atoms with Crippen LogP contribution in [0, 0.1) is 0 Å². The molecule has 2 bridgehead atoms. The first-order valence-electron chi connectivity index (χ1n) is 3.48. The minimum Gasteiger partial charge on any atom is -0.390 e.